The number of benzene rings is 2. The molecule has 0 bridgehead atoms. The number of halogens is 3. The van der Waals surface area contributed by atoms with E-state index in [0.29, 0.717) is 5.82 Å². The van der Waals surface area contributed by atoms with Crippen LogP contribution in [0, 0.1) is 6.92 Å². The lowest BCUT2D eigenvalue weighted by Crippen LogP contribution is -2.12. The Morgan fingerprint density at radius 3 is 2.57 bits per heavy atom. The van der Waals surface area contributed by atoms with E-state index in [1.54, 1.807) is 0 Å². The van der Waals surface area contributed by atoms with E-state index >= 15 is 0 Å². The molecule has 2 N–H and O–H groups in total. The zero-order valence-corrected chi connectivity index (χ0v) is 15.0. The molecule has 9 heteroatoms. The minimum absolute atomic E-state index is 0.0198. The lowest BCUT2D eigenvalue weighted by Gasteiger charge is -2.15. The van der Waals surface area contributed by atoms with Crippen molar-refractivity contribution in [2.75, 3.05) is 18.5 Å². The van der Waals surface area contributed by atoms with Crippen LogP contribution in [0.2, 0.25) is 0 Å². The Kier molecular flexibility index (Phi) is 5.84. The second-order valence-corrected chi connectivity index (χ2v) is 6.01. The van der Waals surface area contributed by atoms with E-state index in [2.05, 4.69) is 15.5 Å². The van der Waals surface area contributed by atoms with E-state index in [0.717, 1.165) is 17.2 Å². The van der Waals surface area contributed by atoms with Crippen LogP contribution in [0.15, 0.2) is 47.0 Å². The number of nitrogens with one attached hydrogen (secondary N) is 1. The molecule has 1 heterocycles. The van der Waals surface area contributed by atoms with Crippen molar-refractivity contribution >= 4 is 5.69 Å². The average molecular weight is 393 g/mol. The van der Waals surface area contributed by atoms with Gasteiger partial charge in [-0.15, -0.1) is 0 Å². The Hall–Kier alpha value is -3.07. The Labute approximate surface area is 159 Å². The predicted molar refractivity (Wildman–Crippen MR) is 95.8 cm³/mol. The average Bonchev–Trinajstić information content (AvgIpc) is 3.14. The normalized spacial score (nSPS) is 11.5. The van der Waals surface area contributed by atoms with Crippen LogP contribution in [0.25, 0.3) is 11.4 Å². The third kappa shape index (κ3) is 4.80. The molecule has 0 fully saturated rings. The van der Waals surface area contributed by atoms with Crippen molar-refractivity contribution in [3.63, 3.8) is 0 Å². The van der Waals surface area contributed by atoms with Crippen LogP contribution in [-0.4, -0.2) is 28.5 Å². The third-order valence-corrected chi connectivity index (χ3v) is 3.86. The molecule has 1 aromatic heterocycles. The number of hydrogen-bond donors (Lipinski definition) is 2. The van der Waals surface area contributed by atoms with Gasteiger partial charge >= 0.3 is 6.18 Å². The topological polar surface area (TPSA) is 80.4 Å². The number of hydrogen-bond acceptors (Lipinski definition) is 6. The molecular formula is C19H18F3N3O3. The molecule has 2 aromatic carbocycles. The third-order valence-electron chi connectivity index (χ3n) is 3.86. The predicted octanol–water partition coefficient (Wildman–Crippen LogP) is 4.05. The van der Waals surface area contributed by atoms with E-state index in [9.17, 15) is 13.2 Å². The zero-order valence-electron chi connectivity index (χ0n) is 15.0. The van der Waals surface area contributed by atoms with E-state index in [4.69, 9.17) is 14.4 Å². The van der Waals surface area contributed by atoms with Crippen LogP contribution in [-0.2, 0) is 12.7 Å². The fraction of sp³-hybridized carbons (Fsp3) is 0.263. The van der Waals surface area contributed by atoms with Gasteiger partial charge in [0.25, 0.3) is 0 Å². The Balaban J connectivity index is 1.74. The maximum Gasteiger partial charge on any atom is 0.418 e. The molecule has 0 saturated heterocycles. The Bertz CT molecular complexity index is 924. The van der Waals surface area contributed by atoms with Crippen molar-refractivity contribution in [2.24, 2.45) is 0 Å². The maximum absolute atomic E-state index is 13.3. The van der Waals surface area contributed by atoms with Gasteiger partial charge in [-0.1, -0.05) is 35.0 Å². The van der Waals surface area contributed by atoms with Gasteiger partial charge < -0.3 is 19.7 Å². The van der Waals surface area contributed by atoms with Crippen LogP contribution in [0.3, 0.4) is 0 Å². The minimum atomic E-state index is -4.58. The van der Waals surface area contributed by atoms with Crippen molar-refractivity contribution in [1.29, 1.82) is 0 Å². The second-order valence-electron chi connectivity index (χ2n) is 6.01. The molecule has 6 nitrogen and oxygen atoms in total. The first-order chi connectivity index (χ1) is 13.4. The van der Waals surface area contributed by atoms with Crippen molar-refractivity contribution in [3.8, 4) is 17.1 Å². The molecule has 0 aliphatic carbocycles. The highest BCUT2D eigenvalue weighted by Crippen LogP contribution is 2.37. The fourth-order valence-electron chi connectivity index (χ4n) is 2.48. The van der Waals surface area contributed by atoms with Gasteiger partial charge in [0.2, 0.25) is 11.7 Å². The standard InChI is InChI=1S/C19H18F3N3O3/c1-12-2-4-13(5-3-12)18-24-17(28-25-18)11-23-16-7-6-14(27-9-8-26)10-15(16)19(20,21)22/h2-7,10,23,26H,8-9,11H2,1H3. The monoisotopic (exact) mass is 393 g/mol. The molecule has 0 saturated carbocycles. The summed E-state index contributed by atoms with van der Waals surface area (Å²) in [5.74, 6) is 0.538. The number of aliphatic hydroxyl groups is 1. The first-order valence-electron chi connectivity index (χ1n) is 8.45. The molecule has 3 aromatic rings. The lowest BCUT2D eigenvalue weighted by molar-refractivity contribution is -0.137. The lowest BCUT2D eigenvalue weighted by atomic mass is 10.1. The summed E-state index contributed by atoms with van der Waals surface area (Å²) in [5, 5.41) is 15.3. The highest BCUT2D eigenvalue weighted by Gasteiger charge is 2.34. The van der Waals surface area contributed by atoms with Gasteiger partial charge in [-0.2, -0.15) is 18.2 Å². The van der Waals surface area contributed by atoms with Crippen molar-refractivity contribution in [3.05, 3.63) is 59.5 Å². The number of aliphatic hydroxyl groups excluding tert-OH is 1. The summed E-state index contributed by atoms with van der Waals surface area (Å²) in [6, 6.07) is 11.0. The number of rotatable bonds is 7. The van der Waals surface area contributed by atoms with Crippen molar-refractivity contribution < 1.29 is 27.5 Å². The van der Waals surface area contributed by atoms with Crippen LogP contribution in [0.1, 0.15) is 17.0 Å². The Morgan fingerprint density at radius 2 is 1.89 bits per heavy atom. The van der Waals surface area contributed by atoms with Crippen LogP contribution >= 0.6 is 0 Å². The molecule has 0 amide bonds. The van der Waals surface area contributed by atoms with E-state index in [1.165, 1.54) is 12.1 Å². The van der Waals surface area contributed by atoms with Gasteiger partial charge in [-0.3, -0.25) is 0 Å². The van der Waals surface area contributed by atoms with Gasteiger partial charge in [-0.05, 0) is 25.1 Å². The molecule has 0 atom stereocenters. The number of aryl methyl sites for hydroxylation is 1. The summed E-state index contributed by atoms with van der Waals surface area (Å²) in [5.41, 5.74) is 0.808. The summed E-state index contributed by atoms with van der Waals surface area (Å²) in [6.07, 6.45) is -4.58. The quantitative estimate of drug-likeness (QED) is 0.631. The van der Waals surface area contributed by atoms with Crippen LogP contribution < -0.4 is 10.1 Å². The van der Waals surface area contributed by atoms with Crippen LogP contribution in [0.5, 0.6) is 5.75 Å². The summed E-state index contributed by atoms with van der Waals surface area (Å²) in [6.45, 7) is 1.50. The van der Waals surface area contributed by atoms with E-state index in [-0.39, 0.29) is 37.1 Å². The molecule has 0 aliphatic heterocycles. The van der Waals surface area contributed by atoms with Gasteiger partial charge in [0.15, 0.2) is 0 Å². The maximum atomic E-state index is 13.3. The van der Waals surface area contributed by atoms with Gasteiger partial charge in [0.1, 0.15) is 12.4 Å². The molecule has 0 aliphatic rings. The zero-order chi connectivity index (χ0) is 20.1. The summed E-state index contributed by atoms with van der Waals surface area (Å²) in [7, 11) is 0. The first kappa shape index (κ1) is 19.7. The van der Waals surface area contributed by atoms with E-state index < -0.39 is 11.7 Å². The molecule has 148 valence electrons. The molecule has 0 spiro atoms. The van der Waals surface area contributed by atoms with Crippen molar-refractivity contribution in [1.82, 2.24) is 10.1 Å². The minimum Gasteiger partial charge on any atom is -0.491 e. The Morgan fingerprint density at radius 1 is 1.14 bits per heavy atom. The van der Waals surface area contributed by atoms with Crippen LogP contribution in [0.4, 0.5) is 18.9 Å². The smallest absolute Gasteiger partial charge is 0.418 e. The van der Waals surface area contributed by atoms with Gasteiger partial charge in [0, 0.05) is 11.3 Å². The second kappa shape index (κ2) is 8.30. The molecule has 3 rings (SSSR count). The van der Waals surface area contributed by atoms with Gasteiger partial charge in [0.05, 0.1) is 18.7 Å². The number of anilines is 1. The van der Waals surface area contributed by atoms with Gasteiger partial charge in [-0.25, -0.2) is 0 Å². The number of nitrogens with zero attached hydrogens (tertiary/aromatic N) is 2. The molecule has 0 unspecified atom stereocenters. The SMILES string of the molecule is Cc1ccc(-c2noc(CNc3ccc(OCCO)cc3C(F)(F)F)n2)cc1. The first-order valence-corrected chi connectivity index (χ1v) is 8.45. The fourth-order valence-corrected chi connectivity index (χ4v) is 2.48. The molecular weight excluding hydrogens is 375 g/mol. The number of ether oxygens (including phenoxy) is 1. The summed E-state index contributed by atoms with van der Waals surface area (Å²) >= 11 is 0. The highest BCUT2D eigenvalue weighted by atomic mass is 19.4. The highest BCUT2D eigenvalue weighted by molar-refractivity contribution is 5.56. The van der Waals surface area contributed by atoms with Crippen molar-refractivity contribution in [2.45, 2.75) is 19.6 Å². The molecule has 0 radical (unpaired) electrons. The molecule has 28 heavy (non-hydrogen) atoms. The number of aromatic nitrogens is 2. The summed E-state index contributed by atoms with van der Waals surface area (Å²) in [4.78, 5) is 4.20. The van der Waals surface area contributed by atoms with E-state index in [1.807, 2.05) is 31.2 Å². The number of alkyl halides is 3. The summed E-state index contributed by atoms with van der Waals surface area (Å²) < 4.78 is 50.2. The largest absolute Gasteiger partial charge is 0.491 e.